The van der Waals surface area contributed by atoms with Crippen molar-refractivity contribution in [2.45, 2.75) is 6.10 Å². The number of anilines is 1. The molecule has 4 rings (SSSR count). The standard InChI is InChI=1S/C18H17N3O3/c1-22-15-9-5-6-10-16(15)23-14-11-21(12-14)18-19-17(24-20-18)13-7-3-2-4-8-13/h2-10,14H,11-12H2,1H3. The molecule has 0 spiro atoms. The molecular weight excluding hydrogens is 306 g/mol. The maximum atomic E-state index is 5.96. The molecule has 0 unspecified atom stereocenters. The van der Waals surface area contributed by atoms with Crippen LogP contribution in [-0.4, -0.2) is 36.4 Å². The molecule has 0 N–H and O–H groups in total. The van der Waals surface area contributed by atoms with Gasteiger partial charge in [0.05, 0.1) is 20.2 Å². The average Bonchev–Trinajstić information content (AvgIpc) is 3.08. The van der Waals surface area contributed by atoms with E-state index in [9.17, 15) is 0 Å². The predicted molar refractivity (Wildman–Crippen MR) is 89.4 cm³/mol. The highest BCUT2D eigenvalue weighted by Gasteiger charge is 2.32. The van der Waals surface area contributed by atoms with Crippen molar-refractivity contribution in [3.63, 3.8) is 0 Å². The molecule has 1 aliphatic rings. The van der Waals surface area contributed by atoms with Gasteiger partial charge < -0.3 is 18.9 Å². The van der Waals surface area contributed by atoms with Gasteiger partial charge in [-0.2, -0.15) is 4.98 Å². The largest absolute Gasteiger partial charge is 0.493 e. The lowest BCUT2D eigenvalue weighted by atomic mass is 10.2. The van der Waals surface area contributed by atoms with Crippen LogP contribution in [0.4, 0.5) is 5.95 Å². The Labute approximate surface area is 139 Å². The number of ether oxygens (including phenoxy) is 2. The van der Waals surface area contributed by atoms with Gasteiger partial charge in [-0.1, -0.05) is 30.3 Å². The van der Waals surface area contributed by atoms with Crippen LogP contribution in [0.3, 0.4) is 0 Å². The second-order valence-corrected chi connectivity index (χ2v) is 5.56. The van der Waals surface area contributed by atoms with Crippen molar-refractivity contribution in [1.29, 1.82) is 0 Å². The van der Waals surface area contributed by atoms with E-state index in [4.69, 9.17) is 14.0 Å². The Morgan fingerprint density at radius 2 is 1.71 bits per heavy atom. The number of hydrogen-bond acceptors (Lipinski definition) is 6. The zero-order valence-corrected chi connectivity index (χ0v) is 13.3. The van der Waals surface area contributed by atoms with E-state index in [1.165, 1.54) is 0 Å². The first-order valence-corrected chi connectivity index (χ1v) is 7.77. The van der Waals surface area contributed by atoms with E-state index in [2.05, 4.69) is 10.1 Å². The van der Waals surface area contributed by atoms with Crippen molar-refractivity contribution in [1.82, 2.24) is 10.1 Å². The number of methoxy groups -OCH3 is 1. The van der Waals surface area contributed by atoms with Gasteiger partial charge in [0.25, 0.3) is 11.8 Å². The number of hydrogen-bond donors (Lipinski definition) is 0. The molecule has 3 aromatic rings. The van der Waals surface area contributed by atoms with E-state index >= 15 is 0 Å². The Hall–Kier alpha value is -3.02. The fourth-order valence-electron chi connectivity index (χ4n) is 2.61. The summed E-state index contributed by atoms with van der Waals surface area (Å²) >= 11 is 0. The first-order chi connectivity index (χ1) is 11.8. The first kappa shape index (κ1) is 14.6. The van der Waals surface area contributed by atoms with Crippen molar-refractivity contribution < 1.29 is 14.0 Å². The number of para-hydroxylation sites is 2. The molecule has 2 aromatic carbocycles. The normalized spacial score (nSPS) is 14.3. The van der Waals surface area contributed by atoms with Gasteiger partial charge in [-0.05, 0) is 29.4 Å². The molecule has 1 fully saturated rings. The third kappa shape index (κ3) is 2.78. The topological polar surface area (TPSA) is 60.6 Å². The summed E-state index contributed by atoms with van der Waals surface area (Å²) in [5, 5.41) is 4.05. The summed E-state index contributed by atoms with van der Waals surface area (Å²) in [7, 11) is 1.64. The molecule has 122 valence electrons. The van der Waals surface area contributed by atoms with Gasteiger partial charge in [0.2, 0.25) is 0 Å². The maximum Gasteiger partial charge on any atom is 0.266 e. The highest BCUT2D eigenvalue weighted by atomic mass is 16.5. The molecule has 6 nitrogen and oxygen atoms in total. The van der Waals surface area contributed by atoms with Crippen molar-refractivity contribution >= 4 is 5.95 Å². The number of benzene rings is 2. The highest BCUT2D eigenvalue weighted by Crippen LogP contribution is 2.30. The molecule has 6 heteroatoms. The van der Waals surface area contributed by atoms with Crippen molar-refractivity contribution in [2.75, 3.05) is 25.1 Å². The minimum atomic E-state index is 0.0833. The molecule has 0 aliphatic carbocycles. The first-order valence-electron chi connectivity index (χ1n) is 7.77. The molecule has 1 saturated heterocycles. The molecular formula is C18H17N3O3. The van der Waals surface area contributed by atoms with Gasteiger partial charge in [-0.25, -0.2) is 0 Å². The van der Waals surface area contributed by atoms with Gasteiger partial charge in [0.15, 0.2) is 11.5 Å². The Bertz CT molecular complexity index is 813. The summed E-state index contributed by atoms with van der Waals surface area (Å²) in [6.45, 7) is 1.43. The lowest BCUT2D eigenvalue weighted by Gasteiger charge is -2.38. The number of rotatable bonds is 5. The molecule has 0 amide bonds. The molecule has 0 atom stereocenters. The Balaban J connectivity index is 1.39. The van der Waals surface area contributed by atoms with Crippen LogP contribution in [0.2, 0.25) is 0 Å². The molecule has 1 aliphatic heterocycles. The summed E-state index contributed by atoms with van der Waals surface area (Å²) in [5.41, 5.74) is 0.915. The third-order valence-electron chi connectivity index (χ3n) is 3.93. The molecule has 0 radical (unpaired) electrons. The summed E-state index contributed by atoms with van der Waals surface area (Å²) in [5.74, 6) is 2.61. The summed E-state index contributed by atoms with van der Waals surface area (Å²) < 4.78 is 16.6. The molecule has 2 heterocycles. The van der Waals surface area contributed by atoms with Crippen LogP contribution >= 0.6 is 0 Å². The van der Waals surface area contributed by atoms with Crippen molar-refractivity contribution in [3.8, 4) is 23.0 Å². The van der Waals surface area contributed by atoms with Crippen LogP contribution in [0.5, 0.6) is 11.5 Å². The van der Waals surface area contributed by atoms with Gasteiger partial charge in [-0.15, -0.1) is 0 Å². The van der Waals surface area contributed by atoms with Crippen LogP contribution in [0.1, 0.15) is 0 Å². The summed E-state index contributed by atoms with van der Waals surface area (Å²) in [6.07, 6.45) is 0.0833. The van der Waals surface area contributed by atoms with E-state index in [0.717, 1.165) is 17.1 Å². The van der Waals surface area contributed by atoms with Crippen LogP contribution < -0.4 is 14.4 Å². The summed E-state index contributed by atoms with van der Waals surface area (Å²) in [4.78, 5) is 6.47. The van der Waals surface area contributed by atoms with Gasteiger partial charge in [-0.3, -0.25) is 0 Å². The summed E-state index contributed by atoms with van der Waals surface area (Å²) in [6, 6.07) is 17.4. The quantitative estimate of drug-likeness (QED) is 0.719. The Kier molecular flexibility index (Phi) is 3.78. The van der Waals surface area contributed by atoms with E-state index in [-0.39, 0.29) is 6.10 Å². The van der Waals surface area contributed by atoms with Crippen LogP contribution in [-0.2, 0) is 0 Å². The van der Waals surface area contributed by atoms with Crippen LogP contribution in [0, 0.1) is 0 Å². The second kappa shape index (κ2) is 6.23. The Morgan fingerprint density at radius 3 is 2.46 bits per heavy atom. The average molecular weight is 323 g/mol. The van der Waals surface area contributed by atoms with Gasteiger partial charge in [0.1, 0.15) is 6.10 Å². The fourth-order valence-corrected chi connectivity index (χ4v) is 2.61. The molecule has 1 aromatic heterocycles. The smallest absolute Gasteiger partial charge is 0.266 e. The zero-order valence-electron chi connectivity index (χ0n) is 13.3. The van der Waals surface area contributed by atoms with Gasteiger partial charge in [0, 0.05) is 5.56 Å². The monoisotopic (exact) mass is 323 g/mol. The maximum absolute atomic E-state index is 5.96. The predicted octanol–water partition coefficient (Wildman–Crippen LogP) is 3.01. The van der Waals surface area contributed by atoms with E-state index in [0.29, 0.717) is 24.9 Å². The van der Waals surface area contributed by atoms with Gasteiger partial charge >= 0.3 is 0 Å². The fraction of sp³-hybridized carbons (Fsp3) is 0.222. The van der Waals surface area contributed by atoms with E-state index in [1.807, 2.05) is 59.5 Å². The number of aromatic nitrogens is 2. The molecule has 0 bridgehead atoms. The molecule has 24 heavy (non-hydrogen) atoms. The SMILES string of the molecule is COc1ccccc1OC1CN(c2noc(-c3ccccc3)n2)C1. The van der Waals surface area contributed by atoms with Crippen LogP contribution in [0.25, 0.3) is 11.5 Å². The van der Waals surface area contributed by atoms with Crippen molar-refractivity contribution in [3.05, 3.63) is 54.6 Å². The van der Waals surface area contributed by atoms with E-state index in [1.54, 1.807) is 7.11 Å². The highest BCUT2D eigenvalue weighted by molar-refractivity contribution is 5.54. The minimum Gasteiger partial charge on any atom is -0.493 e. The lowest BCUT2D eigenvalue weighted by Crippen LogP contribution is -2.54. The Morgan fingerprint density at radius 1 is 1.00 bits per heavy atom. The third-order valence-corrected chi connectivity index (χ3v) is 3.93. The minimum absolute atomic E-state index is 0.0833. The number of nitrogens with zero attached hydrogens (tertiary/aromatic N) is 3. The van der Waals surface area contributed by atoms with Crippen LogP contribution in [0.15, 0.2) is 59.1 Å². The molecule has 0 saturated carbocycles. The lowest BCUT2D eigenvalue weighted by molar-refractivity contribution is 0.159. The second-order valence-electron chi connectivity index (χ2n) is 5.56. The van der Waals surface area contributed by atoms with Crippen molar-refractivity contribution in [2.24, 2.45) is 0 Å². The van der Waals surface area contributed by atoms with E-state index < -0.39 is 0 Å². The zero-order chi connectivity index (χ0) is 16.4.